The zero-order valence-corrected chi connectivity index (χ0v) is 20.0. The number of hydrogen-bond donors (Lipinski definition) is 0. The van der Waals surface area contributed by atoms with Crippen molar-refractivity contribution in [1.82, 2.24) is 4.90 Å². The Morgan fingerprint density at radius 1 is 1.15 bits per heavy atom. The number of methoxy groups -OCH3 is 2. The maximum atomic E-state index is 13.6. The van der Waals surface area contributed by atoms with Crippen molar-refractivity contribution in [3.05, 3.63) is 80.6 Å². The second-order valence-corrected chi connectivity index (χ2v) is 8.49. The van der Waals surface area contributed by atoms with E-state index in [0.29, 0.717) is 54.2 Å². The van der Waals surface area contributed by atoms with Crippen LogP contribution < -0.4 is 14.9 Å². The van der Waals surface area contributed by atoms with E-state index in [9.17, 15) is 9.59 Å². The van der Waals surface area contributed by atoms with Gasteiger partial charge in [-0.2, -0.15) is 0 Å². The molecular formula is C25H24BrNO6. The molecule has 33 heavy (non-hydrogen) atoms. The monoisotopic (exact) mass is 513 g/mol. The first-order valence-electron chi connectivity index (χ1n) is 10.5. The zero-order valence-electron chi connectivity index (χ0n) is 18.4. The van der Waals surface area contributed by atoms with Gasteiger partial charge in [-0.25, -0.2) is 0 Å². The van der Waals surface area contributed by atoms with Crippen molar-refractivity contribution < 1.29 is 23.4 Å². The number of amides is 1. The van der Waals surface area contributed by atoms with E-state index in [1.165, 1.54) is 0 Å². The first kappa shape index (κ1) is 23.1. The summed E-state index contributed by atoms with van der Waals surface area (Å²) in [6.07, 6.45) is 2.26. The molecule has 0 fully saturated rings. The van der Waals surface area contributed by atoms with Crippen LogP contribution in [0.5, 0.6) is 11.5 Å². The lowest BCUT2D eigenvalue weighted by Gasteiger charge is -2.25. The number of nitrogens with zero attached hydrogens (tertiary/aromatic N) is 1. The van der Waals surface area contributed by atoms with E-state index in [-0.39, 0.29) is 17.1 Å². The van der Waals surface area contributed by atoms with E-state index < -0.39 is 6.04 Å². The van der Waals surface area contributed by atoms with Crippen molar-refractivity contribution in [1.29, 1.82) is 0 Å². The van der Waals surface area contributed by atoms with Gasteiger partial charge >= 0.3 is 0 Å². The lowest BCUT2D eigenvalue weighted by atomic mass is 9.98. The largest absolute Gasteiger partial charge is 0.493 e. The van der Waals surface area contributed by atoms with Crippen molar-refractivity contribution in [2.24, 2.45) is 0 Å². The summed E-state index contributed by atoms with van der Waals surface area (Å²) in [6.45, 7) is 4.88. The number of fused-ring (bicyclic) bond motifs is 2. The SMILES string of the molecule is C=CCOc1ccc(C2c3c(oc4ccc(Br)cc4c3=O)C(=O)N2CCCOC)cc1OC. The highest BCUT2D eigenvalue weighted by Crippen LogP contribution is 2.41. The summed E-state index contributed by atoms with van der Waals surface area (Å²) in [4.78, 5) is 28.6. The van der Waals surface area contributed by atoms with Gasteiger partial charge in [0.05, 0.1) is 24.1 Å². The fourth-order valence-electron chi connectivity index (χ4n) is 4.07. The summed E-state index contributed by atoms with van der Waals surface area (Å²) < 4.78 is 23.1. The Bertz CT molecular complexity index is 1270. The Balaban J connectivity index is 1.88. The van der Waals surface area contributed by atoms with Gasteiger partial charge in [0, 0.05) is 24.7 Å². The Labute approximate surface area is 199 Å². The number of benzene rings is 2. The molecule has 2 heterocycles. The number of carbonyl (C=O) groups excluding carboxylic acids is 1. The molecule has 172 valence electrons. The van der Waals surface area contributed by atoms with Crippen LogP contribution >= 0.6 is 15.9 Å². The van der Waals surface area contributed by atoms with Gasteiger partial charge in [0.2, 0.25) is 5.76 Å². The molecule has 0 aliphatic carbocycles. The minimum atomic E-state index is -0.619. The highest BCUT2D eigenvalue weighted by atomic mass is 79.9. The van der Waals surface area contributed by atoms with Crippen LogP contribution in [-0.2, 0) is 4.74 Å². The van der Waals surface area contributed by atoms with Gasteiger partial charge < -0.3 is 23.5 Å². The fourth-order valence-corrected chi connectivity index (χ4v) is 4.43. The Morgan fingerprint density at radius 2 is 1.97 bits per heavy atom. The van der Waals surface area contributed by atoms with Gasteiger partial charge in [0.15, 0.2) is 16.9 Å². The summed E-state index contributed by atoms with van der Waals surface area (Å²) in [5.41, 5.74) is 1.19. The molecule has 4 rings (SSSR count). The van der Waals surface area contributed by atoms with Crippen LogP contribution in [-0.4, -0.2) is 44.8 Å². The van der Waals surface area contributed by atoms with Crippen molar-refractivity contribution in [3.63, 3.8) is 0 Å². The Hall–Kier alpha value is -3.10. The molecule has 1 aliphatic rings. The highest BCUT2D eigenvalue weighted by molar-refractivity contribution is 9.10. The molecule has 0 bridgehead atoms. The summed E-state index contributed by atoms with van der Waals surface area (Å²) in [6, 6.07) is 9.95. The van der Waals surface area contributed by atoms with Crippen molar-refractivity contribution in [2.75, 3.05) is 34.0 Å². The van der Waals surface area contributed by atoms with Gasteiger partial charge in [0.1, 0.15) is 12.2 Å². The van der Waals surface area contributed by atoms with E-state index in [4.69, 9.17) is 18.6 Å². The van der Waals surface area contributed by atoms with Gasteiger partial charge in [-0.05, 0) is 42.3 Å². The van der Waals surface area contributed by atoms with Gasteiger partial charge in [-0.15, -0.1) is 0 Å². The molecular weight excluding hydrogens is 490 g/mol. The predicted octanol–water partition coefficient (Wildman–Crippen LogP) is 4.71. The smallest absolute Gasteiger partial charge is 0.290 e. The quantitative estimate of drug-likeness (QED) is 0.304. The van der Waals surface area contributed by atoms with E-state index >= 15 is 0 Å². The number of rotatable bonds is 9. The van der Waals surface area contributed by atoms with Crippen LogP contribution in [0.3, 0.4) is 0 Å². The third-order valence-corrected chi connectivity index (χ3v) is 6.03. The number of hydrogen-bond acceptors (Lipinski definition) is 6. The maximum absolute atomic E-state index is 13.6. The number of halogens is 1. The standard InChI is InChI=1S/C25H24BrNO6/c1-4-11-32-19-8-6-15(13-20(19)31-3)22-21-23(28)17-14-16(26)7-9-18(17)33-24(21)25(29)27(22)10-5-12-30-2/h4,6-9,13-14,22H,1,5,10-12H2,2-3H3. The molecule has 1 aromatic heterocycles. The van der Waals surface area contributed by atoms with Crippen molar-refractivity contribution in [2.45, 2.75) is 12.5 Å². The average molecular weight is 514 g/mol. The lowest BCUT2D eigenvalue weighted by molar-refractivity contribution is 0.0707. The molecule has 2 aromatic carbocycles. The first-order valence-corrected chi connectivity index (χ1v) is 11.3. The van der Waals surface area contributed by atoms with Crippen LogP contribution in [0.2, 0.25) is 0 Å². The lowest BCUT2D eigenvalue weighted by Crippen LogP contribution is -2.31. The van der Waals surface area contributed by atoms with Gasteiger partial charge in [-0.3, -0.25) is 9.59 Å². The molecule has 1 amide bonds. The summed E-state index contributed by atoms with van der Waals surface area (Å²) in [7, 11) is 3.16. The minimum absolute atomic E-state index is 0.0724. The van der Waals surface area contributed by atoms with E-state index in [1.54, 1.807) is 55.5 Å². The maximum Gasteiger partial charge on any atom is 0.290 e. The summed E-state index contributed by atoms with van der Waals surface area (Å²) >= 11 is 3.41. The van der Waals surface area contributed by atoms with Crippen LogP contribution in [0, 0.1) is 0 Å². The number of carbonyl (C=O) groups is 1. The average Bonchev–Trinajstić information content (AvgIpc) is 3.10. The normalized spacial score (nSPS) is 15.1. The topological polar surface area (TPSA) is 78.2 Å². The molecule has 8 heteroatoms. The number of ether oxygens (including phenoxy) is 3. The molecule has 0 saturated carbocycles. The zero-order chi connectivity index (χ0) is 23.5. The summed E-state index contributed by atoms with van der Waals surface area (Å²) in [5, 5.41) is 0.414. The highest BCUT2D eigenvalue weighted by Gasteiger charge is 2.42. The molecule has 7 nitrogen and oxygen atoms in total. The van der Waals surface area contributed by atoms with Crippen LogP contribution in [0.1, 0.15) is 34.1 Å². The van der Waals surface area contributed by atoms with Gasteiger partial charge in [0.25, 0.3) is 5.91 Å². The molecule has 1 aliphatic heterocycles. The molecule has 0 spiro atoms. The molecule has 1 atom stereocenters. The van der Waals surface area contributed by atoms with E-state index in [0.717, 1.165) is 10.0 Å². The first-order chi connectivity index (χ1) is 16.0. The Morgan fingerprint density at radius 3 is 2.70 bits per heavy atom. The van der Waals surface area contributed by atoms with Crippen molar-refractivity contribution in [3.8, 4) is 11.5 Å². The Kier molecular flexibility index (Phi) is 6.85. The van der Waals surface area contributed by atoms with Crippen LogP contribution in [0.25, 0.3) is 11.0 Å². The second kappa shape index (κ2) is 9.80. The van der Waals surface area contributed by atoms with E-state index in [2.05, 4.69) is 22.5 Å². The molecule has 0 radical (unpaired) electrons. The van der Waals surface area contributed by atoms with Crippen molar-refractivity contribution >= 4 is 32.8 Å². The predicted molar refractivity (Wildman–Crippen MR) is 128 cm³/mol. The minimum Gasteiger partial charge on any atom is -0.493 e. The fraction of sp³-hybridized carbons (Fsp3) is 0.280. The summed E-state index contributed by atoms with van der Waals surface area (Å²) in [5.74, 6) is 0.799. The van der Waals surface area contributed by atoms with Crippen LogP contribution in [0.15, 0.2) is 62.7 Å². The third-order valence-electron chi connectivity index (χ3n) is 5.54. The van der Waals surface area contributed by atoms with Gasteiger partial charge in [-0.1, -0.05) is 34.7 Å². The van der Waals surface area contributed by atoms with Crippen LogP contribution in [0.4, 0.5) is 0 Å². The molecule has 1 unspecified atom stereocenters. The molecule has 0 N–H and O–H groups in total. The molecule has 0 saturated heterocycles. The van der Waals surface area contributed by atoms with E-state index in [1.807, 2.05) is 6.07 Å². The second-order valence-electron chi connectivity index (χ2n) is 7.57. The molecule has 3 aromatic rings. The third kappa shape index (κ3) is 4.28.